The zero-order chi connectivity index (χ0) is 16.3. The molecule has 1 aromatic heterocycles. The fourth-order valence-electron chi connectivity index (χ4n) is 3.59. The minimum absolute atomic E-state index is 0.127. The van der Waals surface area contributed by atoms with Crippen LogP contribution in [0.15, 0.2) is 36.5 Å². The van der Waals surface area contributed by atoms with E-state index in [1.165, 1.54) is 0 Å². The number of rotatable bonds is 4. The summed E-state index contributed by atoms with van der Waals surface area (Å²) in [5.74, 6) is 0.180. The van der Waals surface area contributed by atoms with Crippen LogP contribution in [0.4, 0.5) is 0 Å². The van der Waals surface area contributed by atoms with Gasteiger partial charge in [-0.1, -0.05) is 18.2 Å². The normalized spacial score (nSPS) is 24.5. The zero-order valence-corrected chi connectivity index (χ0v) is 13.5. The van der Waals surface area contributed by atoms with E-state index in [0.717, 1.165) is 29.3 Å². The summed E-state index contributed by atoms with van der Waals surface area (Å²) in [5, 5.41) is 12.2. The van der Waals surface area contributed by atoms with Crippen LogP contribution in [0.25, 0.3) is 10.9 Å². The van der Waals surface area contributed by atoms with Gasteiger partial charge in [0.25, 0.3) is 0 Å². The number of aromatic nitrogens is 1. The van der Waals surface area contributed by atoms with E-state index in [0.29, 0.717) is 31.8 Å². The monoisotopic (exact) mass is 313 g/mol. The average Bonchev–Trinajstić information content (AvgIpc) is 2.57. The fraction of sp³-hybridized carbons (Fsp3) is 0.474. The third-order valence-corrected chi connectivity index (χ3v) is 4.84. The van der Waals surface area contributed by atoms with Crippen molar-refractivity contribution in [3.63, 3.8) is 0 Å². The molecule has 0 aliphatic heterocycles. The van der Waals surface area contributed by atoms with E-state index >= 15 is 0 Å². The van der Waals surface area contributed by atoms with Gasteiger partial charge in [-0.25, -0.2) is 0 Å². The minimum Gasteiger partial charge on any atom is -0.466 e. The van der Waals surface area contributed by atoms with Gasteiger partial charge < -0.3 is 9.84 Å². The highest BCUT2D eigenvalue weighted by Gasteiger charge is 2.36. The molecule has 0 saturated heterocycles. The van der Waals surface area contributed by atoms with Crippen LogP contribution in [0, 0.1) is 5.92 Å². The van der Waals surface area contributed by atoms with Gasteiger partial charge in [0.2, 0.25) is 0 Å². The first-order valence-corrected chi connectivity index (χ1v) is 8.34. The van der Waals surface area contributed by atoms with Crippen molar-refractivity contribution < 1.29 is 14.6 Å². The molecule has 1 heterocycles. The molecule has 1 fully saturated rings. The Morgan fingerprint density at radius 3 is 2.78 bits per heavy atom. The number of aliphatic hydroxyl groups is 1. The van der Waals surface area contributed by atoms with E-state index in [2.05, 4.69) is 4.98 Å². The molecule has 1 aromatic carbocycles. The number of pyridine rings is 1. The Balaban J connectivity index is 1.75. The zero-order valence-electron chi connectivity index (χ0n) is 13.5. The molecule has 4 heteroatoms. The lowest BCUT2D eigenvalue weighted by Gasteiger charge is -2.36. The Kier molecular flexibility index (Phi) is 4.62. The van der Waals surface area contributed by atoms with Gasteiger partial charge in [0.15, 0.2) is 0 Å². The van der Waals surface area contributed by atoms with Crippen molar-refractivity contribution in [3.05, 3.63) is 42.1 Å². The minimum atomic E-state index is -0.826. The molecule has 2 aromatic rings. The summed E-state index contributed by atoms with van der Waals surface area (Å²) in [6.07, 6.45) is 5.25. The summed E-state index contributed by atoms with van der Waals surface area (Å²) in [6.45, 7) is 2.25. The summed E-state index contributed by atoms with van der Waals surface area (Å²) in [7, 11) is 0. The Morgan fingerprint density at radius 2 is 2.04 bits per heavy atom. The number of fused-ring (bicyclic) bond motifs is 1. The Labute approximate surface area is 136 Å². The number of esters is 1. The summed E-state index contributed by atoms with van der Waals surface area (Å²) in [4.78, 5) is 16.0. The van der Waals surface area contributed by atoms with Crippen LogP contribution in [0.5, 0.6) is 0 Å². The van der Waals surface area contributed by atoms with Crippen LogP contribution in [-0.4, -0.2) is 22.7 Å². The van der Waals surface area contributed by atoms with Gasteiger partial charge >= 0.3 is 5.97 Å². The van der Waals surface area contributed by atoms with Crippen molar-refractivity contribution in [2.24, 2.45) is 5.92 Å². The van der Waals surface area contributed by atoms with E-state index < -0.39 is 5.60 Å². The Bertz CT molecular complexity index is 685. The second-order valence-corrected chi connectivity index (χ2v) is 6.36. The summed E-state index contributed by atoms with van der Waals surface area (Å²) in [5.41, 5.74) is 1.04. The second kappa shape index (κ2) is 6.67. The van der Waals surface area contributed by atoms with Crippen molar-refractivity contribution in [1.29, 1.82) is 0 Å². The molecule has 0 bridgehead atoms. The SMILES string of the molecule is CCOC(=O)CC1CCC(O)(c2ccnc3ccccc23)CC1. The van der Waals surface area contributed by atoms with E-state index in [-0.39, 0.29) is 5.97 Å². The maximum atomic E-state index is 11.6. The first-order valence-electron chi connectivity index (χ1n) is 8.34. The third kappa shape index (κ3) is 3.37. The average molecular weight is 313 g/mol. The van der Waals surface area contributed by atoms with Gasteiger partial charge in [-0.2, -0.15) is 0 Å². The molecule has 23 heavy (non-hydrogen) atoms. The van der Waals surface area contributed by atoms with E-state index in [9.17, 15) is 9.90 Å². The van der Waals surface area contributed by atoms with Crippen LogP contribution in [0.2, 0.25) is 0 Å². The Morgan fingerprint density at radius 1 is 1.30 bits per heavy atom. The molecule has 4 nitrogen and oxygen atoms in total. The molecule has 1 aliphatic carbocycles. The standard InChI is InChI=1S/C19H23NO3/c1-2-23-18(21)13-14-7-10-19(22,11-8-14)16-9-12-20-17-6-4-3-5-15(16)17/h3-6,9,12,14,22H,2,7-8,10-11,13H2,1H3. The van der Waals surface area contributed by atoms with Crippen molar-refractivity contribution in [3.8, 4) is 0 Å². The van der Waals surface area contributed by atoms with Crippen LogP contribution in [0.1, 0.15) is 44.6 Å². The molecule has 1 saturated carbocycles. The van der Waals surface area contributed by atoms with Crippen molar-refractivity contribution in [2.45, 2.75) is 44.6 Å². The number of carbonyl (C=O) groups is 1. The van der Waals surface area contributed by atoms with E-state index in [1.807, 2.05) is 37.3 Å². The first kappa shape index (κ1) is 15.9. The first-order chi connectivity index (χ1) is 11.1. The van der Waals surface area contributed by atoms with Crippen molar-refractivity contribution >= 4 is 16.9 Å². The molecular formula is C19H23NO3. The number of benzene rings is 1. The maximum absolute atomic E-state index is 11.6. The summed E-state index contributed by atoms with van der Waals surface area (Å²) >= 11 is 0. The van der Waals surface area contributed by atoms with Crippen LogP contribution < -0.4 is 0 Å². The predicted octanol–water partition coefficient (Wildman–Crippen LogP) is 3.57. The van der Waals surface area contributed by atoms with Gasteiger partial charge in [-0.15, -0.1) is 0 Å². The van der Waals surface area contributed by atoms with Gasteiger partial charge in [-0.05, 0) is 56.2 Å². The molecule has 122 valence electrons. The highest BCUT2D eigenvalue weighted by Crippen LogP contribution is 2.42. The van der Waals surface area contributed by atoms with Crippen molar-refractivity contribution in [2.75, 3.05) is 6.61 Å². The molecular weight excluding hydrogens is 290 g/mol. The summed E-state index contributed by atoms with van der Waals surface area (Å²) in [6, 6.07) is 9.84. The number of ether oxygens (including phenoxy) is 1. The number of hydrogen-bond acceptors (Lipinski definition) is 4. The van der Waals surface area contributed by atoms with Gasteiger partial charge in [0.1, 0.15) is 0 Å². The fourth-order valence-corrected chi connectivity index (χ4v) is 3.59. The third-order valence-electron chi connectivity index (χ3n) is 4.84. The highest BCUT2D eigenvalue weighted by atomic mass is 16.5. The second-order valence-electron chi connectivity index (χ2n) is 6.36. The lowest BCUT2D eigenvalue weighted by Crippen LogP contribution is -2.32. The lowest BCUT2D eigenvalue weighted by molar-refractivity contribution is -0.145. The largest absolute Gasteiger partial charge is 0.466 e. The molecule has 0 amide bonds. The topological polar surface area (TPSA) is 59.4 Å². The van der Waals surface area contributed by atoms with Crippen LogP contribution in [0.3, 0.4) is 0 Å². The lowest BCUT2D eigenvalue weighted by atomic mass is 9.73. The molecule has 3 rings (SSSR count). The van der Waals surface area contributed by atoms with E-state index in [1.54, 1.807) is 6.20 Å². The number of nitrogens with zero attached hydrogens (tertiary/aromatic N) is 1. The van der Waals surface area contributed by atoms with Gasteiger partial charge in [-0.3, -0.25) is 9.78 Å². The number of para-hydroxylation sites is 1. The van der Waals surface area contributed by atoms with E-state index in [4.69, 9.17) is 4.74 Å². The highest BCUT2D eigenvalue weighted by molar-refractivity contribution is 5.82. The Hall–Kier alpha value is -1.94. The molecule has 0 atom stereocenters. The summed E-state index contributed by atoms with van der Waals surface area (Å²) < 4.78 is 5.03. The molecule has 1 aliphatic rings. The quantitative estimate of drug-likeness (QED) is 0.877. The molecule has 0 unspecified atom stereocenters. The van der Waals surface area contributed by atoms with Gasteiger partial charge in [0.05, 0.1) is 17.7 Å². The molecule has 0 radical (unpaired) electrons. The van der Waals surface area contributed by atoms with Crippen LogP contribution >= 0.6 is 0 Å². The predicted molar refractivity (Wildman–Crippen MR) is 88.8 cm³/mol. The van der Waals surface area contributed by atoms with Gasteiger partial charge in [0, 0.05) is 18.0 Å². The van der Waals surface area contributed by atoms with Crippen molar-refractivity contribution in [1.82, 2.24) is 4.98 Å². The molecule has 0 spiro atoms. The van der Waals surface area contributed by atoms with Crippen LogP contribution in [-0.2, 0) is 15.1 Å². The number of carbonyl (C=O) groups excluding carboxylic acids is 1. The number of hydrogen-bond donors (Lipinski definition) is 1. The molecule has 1 N–H and O–H groups in total. The maximum Gasteiger partial charge on any atom is 0.306 e. The smallest absolute Gasteiger partial charge is 0.306 e.